The van der Waals surface area contributed by atoms with Crippen molar-refractivity contribution in [3.8, 4) is 0 Å². The van der Waals surface area contributed by atoms with Crippen LogP contribution in [0.4, 0.5) is 0 Å². The normalized spacial score (nSPS) is 33.9. The number of aromatic amines is 1. The molecular formula is C11H13ClN2O6. The Balaban J connectivity index is 2.45. The van der Waals surface area contributed by atoms with E-state index >= 15 is 0 Å². The summed E-state index contributed by atoms with van der Waals surface area (Å²) >= 11 is 5.43. The van der Waals surface area contributed by atoms with Crippen LogP contribution in [-0.4, -0.2) is 49.3 Å². The summed E-state index contributed by atoms with van der Waals surface area (Å²) in [5, 5.41) is 29.3. The Hall–Kier alpha value is -1.45. The number of aliphatic hydroxyl groups is 3. The highest BCUT2D eigenvalue weighted by molar-refractivity contribution is 6.25. The van der Waals surface area contributed by atoms with Crippen LogP contribution in [0, 0.1) is 0 Å². The first-order chi connectivity index (χ1) is 9.45. The van der Waals surface area contributed by atoms with Gasteiger partial charge in [0, 0.05) is 17.8 Å². The molecule has 0 amide bonds. The van der Waals surface area contributed by atoms with E-state index < -0.39 is 41.9 Å². The van der Waals surface area contributed by atoms with E-state index in [4.69, 9.17) is 16.3 Å². The highest BCUT2D eigenvalue weighted by atomic mass is 35.5. The molecule has 8 nitrogen and oxygen atoms in total. The topological polar surface area (TPSA) is 125 Å². The van der Waals surface area contributed by atoms with Crippen molar-refractivity contribution in [1.82, 2.24) is 9.55 Å². The van der Waals surface area contributed by atoms with Gasteiger partial charge in [0.05, 0.1) is 6.61 Å². The van der Waals surface area contributed by atoms with Crippen LogP contribution in [0.1, 0.15) is 6.23 Å². The van der Waals surface area contributed by atoms with Gasteiger partial charge >= 0.3 is 5.69 Å². The van der Waals surface area contributed by atoms with Crippen molar-refractivity contribution in [2.75, 3.05) is 6.61 Å². The second kappa shape index (κ2) is 5.51. The zero-order valence-corrected chi connectivity index (χ0v) is 10.9. The average molecular weight is 305 g/mol. The first kappa shape index (κ1) is 14.9. The van der Waals surface area contributed by atoms with Crippen LogP contribution in [0.15, 0.2) is 33.5 Å². The first-order valence-electron chi connectivity index (χ1n) is 5.69. The van der Waals surface area contributed by atoms with E-state index in [0.29, 0.717) is 0 Å². The van der Waals surface area contributed by atoms with Gasteiger partial charge in [0.25, 0.3) is 5.56 Å². The van der Waals surface area contributed by atoms with Gasteiger partial charge in [0.15, 0.2) is 6.23 Å². The number of halogens is 1. The minimum atomic E-state index is -1.62. The van der Waals surface area contributed by atoms with Crippen molar-refractivity contribution in [1.29, 1.82) is 0 Å². The molecule has 0 spiro atoms. The number of H-pyrrole nitrogens is 1. The van der Waals surface area contributed by atoms with E-state index in [-0.39, 0.29) is 0 Å². The van der Waals surface area contributed by atoms with E-state index in [9.17, 15) is 24.9 Å². The van der Waals surface area contributed by atoms with Crippen molar-refractivity contribution < 1.29 is 20.1 Å². The molecule has 1 fully saturated rings. The number of hydrogen-bond donors (Lipinski definition) is 4. The van der Waals surface area contributed by atoms with E-state index in [2.05, 4.69) is 0 Å². The maximum Gasteiger partial charge on any atom is 0.330 e. The summed E-state index contributed by atoms with van der Waals surface area (Å²) in [4.78, 5) is 24.7. The fraction of sp³-hybridized carbons (Fsp3) is 0.455. The van der Waals surface area contributed by atoms with Crippen molar-refractivity contribution in [2.45, 2.75) is 24.0 Å². The van der Waals surface area contributed by atoms with Crippen molar-refractivity contribution >= 4 is 11.6 Å². The molecular weight excluding hydrogens is 292 g/mol. The van der Waals surface area contributed by atoms with E-state index in [1.165, 1.54) is 6.08 Å². The minimum absolute atomic E-state index is 0.603. The molecule has 1 aromatic rings. The molecule has 0 aliphatic carbocycles. The quantitative estimate of drug-likeness (QED) is 0.526. The van der Waals surface area contributed by atoms with Crippen LogP contribution in [0.5, 0.6) is 0 Å². The lowest BCUT2D eigenvalue weighted by Gasteiger charge is -2.25. The highest BCUT2D eigenvalue weighted by Gasteiger charge is 2.53. The molecule has 2 rings (SSSR count). The lowest BCUT2D eigenvalue weighted by Crippen LogP contribution is -2.44. The van der Waals surface area contributed by atoms with Crippen molar-refractivity contribution in [3.05, 3.63) is 44.7 Å². The Labute approximate surface area is 117 Å². The van der Waals surface area contributed by atoms with Crippen molar-refractivity contribution in [2.24, 2.45) is 0 Å². The zero-order chi connectivity index (χ0) is 14.9. The number of nitrogens with zero attached hydrogens (tertiary/aromatic N) is 1. The maximum atomic E-state index is 11.7. The summed E-state index contributed by atoms with van der Waals surface area (Å²) in [5.74, 6) is 0. The standard InChI is InChI=1S/C11H13ClN2O6/c12-3-2-11(5-15)8(18)7(17)9(20-11)14-4-1-6(16)13-10(14)19/h1-4,7-9,15,17-18H,5H2,(H,13,16,19)/b3-2+/t7-,8+,9-,11-/m1/s1. The third kappa shape index (κ3) is 2.32. The third-order valence-corrected chi connectivity index (χ3v) is 3.30. The van der Waals surface area contributed by atoms with E-state index in [1.54, 1.807) is 0 Å². The monoisotopic (exact) mass is 304 g/mol. The summed E-state index contributed by atoms with van der Waals surface area (Å²) in [6, 6.07) is 1.07. The summed E-state index contributed by atoms with van der Waals surface area (Å²) in [6.45, 7) is -0.650. The fourth-order valence-electron chi connectivity index (χ4n) is 2.09. The van der Waals surface area contributed by atoms with Gasteiger partial charge in [-0.2, -0.15) is 0 Å². The van der Waals surface area contributed by atoms with E-state index in [0.717, 1.165) is 22.4 Å². The van der Waals surface area contributed by atoms with Gasteiger partial charge in [0.1, 0.15) is 17.8 Å². The smallest absolute Gasteiger partial charge is 0.330 e. The molecule has 110 valence electrons. The molecule has 0 saturated carbocycles. The summed E-state index contributed by atoms with van der Waals surface area (Å²) < 4.78 is 6.30. The van der Waals surface area contributed by atoms with Crippen LogP contribution >= 0.6 is 11.6 Å². The molecule has 4 N–H and O–H groups in total. The number of nitrogens with one attached hydrogen (secondary N) is 1. The SMILES string of the molecule is O=c1ccn([C@@H]2O[C@](/C=C/Cl)(CO)[C@@H](O)[C@H]2O)c(=O)[nH]1. The molecule has 0 unspecified atom stereocenters. The summed E-state index contributed by atoms with van der Waals surface area (Å²) in [6.07, 6.45) is -1.95. The Bertz CT molecular complexity index is 626. The van der Waals surface area contributed by atoms with Gasteiger partial charge in [0.2, 0.25) is 0 Å². The molecule has 2 heterocycles. The van der Waals surface area contributed by atoms with Gasteiger partial charge in [-0.15, -0.1) is 0 Å². The molecule has 1 aromatic heterocycles. The summed E-state index contributed by atoms with van der Waals surface area (Å²) in [7, 11) is 0. The van der Waals surface area contributed by atoms with Crippen LogP contribution < -0.4 is 11.2 Å². The number of aromatic nitrogens is 2. The van der Waals surface area contributed by atoms with Gasteiger partial charge in [-0.1, -0.05) is 11.6 Å². The van der Waals surface area contributed by atoms with Gasteiger partial charge in [-0.05, 0) is 6.08 Å². The second-order valence-electron chi connectivity index (χ2n) is 4.37. The lowest BCUT2D eigenvalue weighted by molar-refractivity contribution is -0.0994. The Morgan fingerprint density at radius 2 is 2.20 bits per heavy atom. The van der Waals surface area contributed by atoms with Crippen LogP contribution in [0.25, 0.3) is 0 Å². The molecule has 0 radical (unpaired) electrons. The number of aliphatic hydroxyl groups excluding tert-OH is 3. The molecule has 1 saturated heterocycles. The molecule has 0 bridgehead atoms. The predicted octanol–water partition coefficient (Wildman–Crippen LogP) is -1.73. The lowest BCUT2D eigenvalue weighted by atomic mass is 9.96. The van der Waals surface area contributed by atoms with Gasteiger partial charge in [-0.3, -0.25) is 14.3 Å². The fourth-order valence-corrected chi connectivity index (χ4v) is 2.30. The minimum Gasteiger partial charge on any atom is -0.393 e. The number of ether oxygens (including phenoxy) is 1. The Morgan fingerprint density at radius 1 is 1.50 bits per heavy atom. The van der Waals surface area contributed by atoms with Crippen LogP contribution in [0.2, 0.25) is 0 Å². The van der Waals surface area contributed by atoms with Crippen LogP contribution in [0.3, 0.4) is 0 Å². The molecule has 9 heteroatoms. The predicted molar refractivity (Wildman–Crippen MR) is 68.3 cm³/mol. The Morgan fingerprint density at radius 3 is 2.75 bits per heavy atom. The van der Waals surface area contributed by atoms with E-state index in [1.807, 2.05) is 4.98 Å². The number of rotatable bonds is 3. The molecule has 1 aliphatic heterocycles. The highest BCUT2D eigenvalue weighted by Crippen LogP contribution is 2.37. The Kier molecular flexibility index (Phi) is 4.11. The maximum absolute atomic E-state index is 11.7. The first-order valence-corrected chi connectivity index (χ1v) is 6.13. The number of hydrogen-bond acceptors (Lipinski definition) is 6. The van der Waals surface area contributed by atoms with Gasteiger partial charge < -0.3 is 20.1 Å². The zero-order valence-electron chi connectivity index (χ0n) is 10.1. The average Bonchev–Trinajstić information content (AvgIpc) is 2.65. The van der Waals surface area contributed by atoms with Gasteiger partial charge in [-0.25, -0.2) is 4.79 Å². The molecule has 1 aliphatic rings. The van der Waals surface area contributed by atoms with Crippen LogP contribution in [-0.2, 0) is 4.74 Å². The largest absolute Gasteiger partial charge is 0.393 e. The summed E-state index contributed by atoms with van der Waals surface area (Å²) in [5.41, 5.74) is -2.00. The molecule has 20 heavy (non-hydrogen) atoms. The second-order valence-corrected chi connectivity index (χ2v) is 4.62. The molecule has 0 aromatic carbocycles. The third-order valence-electron chi connectivity index (χ3n) is 3.17. The van der Waals surface area contributed by atoms with Crippen molar-refractivity contribution in [3.63, 3.8) is 0 Å². The molecule has 4 atom stereocenters.